The summed E-state index contributed by atoms with van der Waals surface area (Å²) in [7, 11) is 0. The number of aromatic amines is 1. The first-order valence-electron chi connectivity index (χ1n) is 8.73. The van der Waals surface area contributed by atoms with Gasteiger partial charge in [0.1, 0.15) is 9.88 Å². The van der Waals surface area contributed by atoms with Gasteiger partial charge in [0.2, 0.25) is 5.91 Å². The zero-order chi connectivity index (χ0) is 18.1. The van der Waals surface area contributed by atoms with E-state index in [1.165, 1.54) is 17.5 Å². The highest BCUT2D eigenvalue weighted by Gasteiger charge is 2.30. The summed E-state index contributed by atoms with van der Waals surface area (Å²) in [5, 5.41) is 1.88. The first-order valence-corrected chi connectivity index (χ1v) is 9.55. The van der Waals surface area contributed by atoms with Gasteiger partial charge < -0.3 is 15.6 Å². The fourth-order valence-electron chi connectivity index (χ4n) is 3.58. The molecule has 134 valence electrons. The summed E-state index contributed by atoms with van der Waals surface area (Å²) in [6, 6.07) is 7.92. The maximum Gasteiger partial charge on any atom is 0.260 e. The van der Waals surface area contributed by atoms with E-state index >= 15 is 0 Å². The summed E-state index contributed by atoms with van der Waals surface area (Å²) in [6.45, 7) is 0.720. The van der Waals surface area contributed by atoms with E-state index in [2.05, 4.69) is 9.97 Å². The molecular weight excluding hydrogens is 348 g/mol. The Morgan fingerprint density at radius 1 is 1.31 bits per heavy atom. The van der Waals surface area contributed by atoms with Crippen molar-refractivity contribution in [1.82, 2.24) is 14.9 Å². The van der Waals surface area contributed by atoms with E-state index in [4.69, 9.17) is 5.73 Å². The molecule has 26 heavy (non-hydrogen) atoms. The molecule has 1 aliphatic rings. The average Bonchev–Trinajstić information content (AvgIpc) is 3.30. The number of primary amides is 1. The molecule has 6 nitrogen and oxygen atoms in total. The number of likely N-dealkylation sites (tertiary alicyclic amines) is 1. The number of hydrogen-bond acceptors (Lipinski definition) is 4. The van der Waals surface area contributed by atoms with Crippen molar-refractivity contribution in [1.29, 1.82) is 0 Å². The van der Waals surface area contributed by atoms with Crippen molar-refractivity contribution in [2.75, 3.05) is 6.54 Å². The lowest BCUT2D eigenvalue weighted by molar-refractivity contribution is -0.134. The SMILES string of the molecule is NC(=O)c1cnc(C2CCCCN2C(=O)Cc2c[nH]c3ccccc23)s1. The van der Waals surface area contributed by atoms with E-state index in [1.54, 1.807) is 0 Å². The third-order valence-corrected chi connectivity index (χ3v) is 6.00. The molecule has 1 unspecified atom stereocenters. The lowest BCUT2D eigenvalue weighted by atomic mass is 10.0. The number of nitrogens with zero attached hydrogens (tertiary/aromatic N) is 2. The molecule has 0 saturated carbocycles. The minimum absolute atomic E-state index is 0.0699. The van der Waals surface area contributed by atoms with Gasteiger partial charge in [-0.25, -0.2) is 4.98 Å². The number of para-hydroxylation sites is 1. The summed E-state index contributed by atoms with van der Waals surface area (Å²) < 4.78 is 0. The van der Waals surface area contributed by atoms with Crippen LogP contribution in [-0.4, -0.2) is 33.2 Å². The van der Waals surface area contributed by atoms with Crippen LogP contribution in [0.3, 0.4) is 0 Å². The third kappa shape index (κ3) is 3.10. The van der Waals surface area contributed by atoms with Crippen molar-refractivity contribution in [3.8, 4) is 0 Å². The molecule has 2 aromatic heterocycles. The number of carbonyl (C=O) groups excluding carboxylic acids is 2. The quantitative estimate of drug-likeness (QED) is 0.741. The van der Waals surface area contributed by atoms with E-state index in [0.717, 1.165) is 47.3 Å². The zero-order valence-corrected chi connectivity index (χ0v) is 15.1. The molecule has 2 amide bonds. The standard InChI is InChI=1S/C19H20N4O2S/c20-18(25)16-11-22-19(26-16)15-7-3-4-8-23(15)17(24)9-12-10-21-14-6-2-1-5-13(12)14/h1-2,5-6,10-11,15,21H,3-4,7-9H2,(H2,20,25). The number of fused-ring (bicyclic) bond motifs is 1. The minimum Gasteiger partial charge on any atom is -0.365 e. The van der Waals surface area contributed by atoms with Crippen molar-refractivity contribution < 1.29 is 9.59 Å². The monoisotopic (exact) mass is 368 g/mol. The van der Waals surface area contributed by atoms with Gasteiger partial charge in [0.15, 0.2) is 0 Å². The highest BCUT2D eigenvalue weighted by atomic mass is 32.1. The summed E-state index contributed by atoms with van der Waals surface area (Å²) in [5.74, 6) is -0.378. The van der Waals surface area contributed by atoms with Crippen LogP contribution >= 0.6 is 11.3 Å². The number of aromatic nitrogens is 2. The molecule has 0 spiro atoms. The molecule has 1 atom stereocenters. The molecule has 7 heteroatoms. The van der Waals surface area contributed by atoms with Crippen molar-refractivity contribution in [2.24, 2.45) is 5.73 Å². The van der Waals surface area contributed by atoms with Gasteiger partial charge >= 0.3 is 0 Å². The molecule has 0 bridgehead atoms. The number of piperidine rings is 1. The second kappa shape index (κ2) is 6.92. The van der Waals surface area contributed by atoms with Crippen LogP contribution < -0.4 is 5.73 Å². The average molecular weight is 368 g/mol. The maximum absolute atomic E-state index is 13.0. The molecule has 0 radical (unpaired) electrons. The van der Waals surface area contributed by atoms with Crippen molar-refractivity contribution in [2.45, 2.75) is 31.7 Å². The van der Waals surface area contributed by atoms with E-state index in [0.29, 0.717) is 11.3 Å². The molecule has 3 heterocycles. The topological polar surface area (TPSA) is 92.1 Å². The Hall–Kier alpha value is -2.67. The number of benzene rings is 1. The summed E-state index contributed by atoms with van der Waals surface area (Å²) in [6.07, 6.45) is 6.69. The van der Waals surface area contributed by atoms with Crippen LogP contribution in [0.2, 0.25) is 0 Å². The third-order valence-electron chi connectivity index (χ3n) is 4.89. The number of carbonyl (C=O) groups is 2. The molecule has 1 aliphatic heterocycles. The van der Waals surface area contributed by atoms with Crippen LogP contribution in [0.15, 0.2) is 36.7 Å². The second-order valence-electron chi connectivity index (χ2n) is 6.56. The summed E-state index contributed by atoms with van der Waals surface area (Å²) in [5.41, 5.74) is 7.39. The van der Waals surface area contributed by atoms with E-state index in [-0.39, 0.29) is 11.9 Å². The molecule has 1 fully saturated rings. The summed E-state index contributed by atoms with van der Waals surface area (Å²) in [4.78, 5) is 34.3. The molecular formula is C19H20N4O2S. The number of H-pyrrole nitrogens is 1. The molecule has 4 rings (SSSR count). The van der Waals surface area contributed by atoms with Crippen molar-refractivity contribution in [3.05, 3.63) is 52.1 Å². The smallest absolute Gasteiger partial charge is 0.260 e. The highest BCUT2D eigenvalue weighted by Crippen LogP contribution is 2.34. The lowest BCUT2D eigenvalue weighted by Gasteiger charge is -2.34. The molecule has 1 aromatic carbocycles. The van der Waals surface area contributed by atoms with Crippen LogP contribution in [0, 0.1) is 0 Å². The molecule has 1 saturated heterocycles. The normalized spacial score (nSPS) is 17.5. The molecule has 3 aromatic rings. The van der Waals surface area contributed by atoms with E-state index < -0.39 is 5.91 Å². The van der Waals surface area contributed by atoms with Crippen molar-refractivity contribution >= 4 is 34.1 Å². The summed E-state index contributed by atoms with van der Waals surface area (Å²) >= 11 is 1.29. The first kappa shape index (κ1) is 16.8. The van der Waals surface area contributed by atoms with Crippen LogP contribution in [-0.2, 0) is 11.2 Å². The number of rotatable bonds is 4. The van der Waals surface area contributed by atoms with E-state index in [1.807, 2.05) is 35.4 Å². The number of thiazole rings is 1. The highest BCUT2D eigenvalue weighted by molar-refractivity contribution is 7.13. The van der Waals surface area contributed by atoms with Gasteiger partial charge in [-0.2, -0.15) is 0 Å². The van der Waals surface area contributed by atoms with Gasteiger partial charge in [0.05, 0.1) is 18.7 Å². The van der Waals surface area contributed by atoms with Gasteiger partial charge in [-0.15, -0.1) is 11.3 Å². The first-order chi connectivity index (χ1) is 12.6. The fraction of sp³-hybridized carbons (Fsp3) is 0.316. The largest absolute Gasteiger partial charge is 0.365 e. The van der Waals surface area contributed by atoms with E-state index in [9.17, 15) is 9.59 Å². The van der Waals surface area contributed by atoms with Crippen LogP contribution in [0.4, 0.5) is 0 Å². The van der Waals surface area contributed by atoms with Crippen molar-refractivity contribution in [3.63, 3.8) is 0 Å². The minimum atomic E-state index is -0.471. The van der Waals surface area contributed by atoms with Crippen LogP contribution in [0.25, 0.3) is 10.9 Å². The lowest BCUT2D eigenvalue weighted by Crippen LogP contribution is -2.39. The zero-order valence-electron chi connectivity index (χ0n) is 14.3. The Labute approximate surface area is 155 Å². The van der Waals surface area contributed by atoms with Gasteiger partial charge in [-0.1, -0.05) is 18.2 Å². The number of nitrogens with two attached hydrogens (primary N) is 1. The fourth-order valence-corrected chi connectivity index (χ4v) is 4.50. The molecule has 3 N–H and O–H groups in total. The predicted octanol–water partition coefficient (Wildman–Crippen LogP) is 3.02. The van der Waals surface area contributed by atoms with Crippen LogP contribution in [0.5, 0.6) is 0 Å². The van der Waals surface area contributed by atoms with Gasteiger partial charge in [0, 0.05) is 23.6 Å². The second-order valence-corrected chi connectivity index (χ2v) is 7.62. The Morgan fingerprint density at radius 3 is 2.96 bits per heavy atom. The van der Waals surface area contributed by atoms with Gasteiger partial charge in [-0.05, 0) is 30.9 Å². The number of hydrogen-bond donors (Lipinski definition) is 2. The Bertz CT molecular complexity index is 961. The van der Waals surface area contributed by atoms with Gasteiger partial charge in [0.25, 0.3) is 5.91 Å². The molecule has 0 aliphatic carbocycles. The Kier molecular flexibility index (Phi) is 4.46. The van der Waals surface area contributed by atoms with Gasteiger partial charge in [-0.3, -0.25) is 9.59 Å². The Balaban J connectivity index is 1.57. The number of amides is 2. The maximum atomic E-state index is 13.0. The number of nitrogens with one attached hydrogen (secondary N) is 1. The predicted molar refractivity (Wildman–Crippen MR) is 101 cm³/mol. The Morgan fingerprint density at radius 2 is 2.15 bits per heavy atom. The van der Waals surface area contributed by atoms with Crippen LogP contribution in [0.1, 0.15) is 45.5 Å².